The van der Waals surface area contributed by atoms with E-state index in [2.05, 4.69) is 16.0 Å². The van der Waals surface area contributed by atoms with E-state index in [0.717, 1.165) is 29.3 Å². The highest BCUT2D eigenvalue weighted by atomic mass is 32.1. The Labute approximate surface area is 188 Å². The lowest BCUT2D eigenvalue weighted by atomic mass is 9.82. The standard InChI is InChI=1S/C24H21F2N4OS/c1-4-17-5-7-18(8-6-17)22-12-32-23(28-22)16(2)24(31,13-30-15-29(3)14-27-30)20-11-19(25)9-10-21(20)26/h1,5-12,14-16,31H,13H2,2-3H3/q+1/t16-,24+/m0/s1. The van der Waals surface area contributed by atoms with Gasteiger partial charge in [0.25, 0.3) is 6.33 Å². The van der Waals surface area contributed by atoms with E-state index in [1.807, 2.05) is 29.6 Å². The SMILES string of the molecule is C#Cc1ccc(-c2csc([C@H](C)[C@](O)(Cn3c[n+](C)cn3)c3cc(F)ccc3F)n2)cc1. The van der Waals surface area contributed by atoms with Gasteiger partial charge in [-0.05, 0) is 30.3 Å². The van der Waals surface area contributed by atoms with Gasteiger partial charge >= 0.3 is 0 Å². The van der Waals surface area contributed by atoms with Crippen LogP contribution in [0.3, 0.4) is 0 Å². The van der Waals surface area contributed by atoms with Gasteiger partial charge in [0, 0.05) is 33.1 Å². The number of hydrogen-bond donors (Lipinski definition) is 1. The van der Waals surface area contributed by atoms with E-state index < -0.39 is 23.2 Å². The average Bonchev–Trinajstić information content (AvgIpc) is 3.44. The number of hydrogen-bond acceptors (Lipinski definition) is 4. The van der Waals surface area contributed by atoms with Gasteiger partial charge in [-0.2, -0.15) is 0 Å². The van der Waals surface area contributed by atoms with Gasteiger partial charge in [-0.1, -0.05) is 25.0 Å². The van der Waals surface area contributed by atoms with Crippen molar-refractivity contribution in [1.29, 1.82) is 0 Å². The summed E-state index contributed by atoms with van der Waals surface area (Å²) in [5, 5.41) is 18.4. The van der Waals surface area contributed by atoms with Crippen LogP contribution in [0.2, 0.25) is 0 Å². The summed E-state index contributed by atoms with van der Waals surface area (Å²) in [5.74, 6) is 0.591. The maximum Gasteiger partial charge on any atom is 0.264 e. The van der Waals surface area contributed by atoms with Crippen LogP contribution < -0.4 is 4.57 Å². The molecular weight excluding hydrogens is 430 g/mol. The molecule has 0 aliphatic rings. The van der Waals surface area contributed by atoms with Crippen LogP contribution in [0.25, 0.3) is 11.3 Å². The first kappa shape index (κ1) is 21.8. The normalized spacial score (nSPS) is 14.0. The van der Waals surface area contributed by atoms with E-state index in [-0.39, 0.29) is 12.1 Å². The highest BCUT2D eigenvalue weighted by Crippen LogP contribution is 2.41. The third-order valence-corrected chi connectivity index (χ3v) is 6.48. The second-order valence-electron chi connectivity index (χ2n) is 7.67. The lowest BCUT2D eigenvalue weighted by molar-refractivity contribution is -0.672. The van der Waals surface area contributed by atoms with E-state index in [0.29, 0.717) is 10.7 Å². The number of nitrogens with zero attached hydrogens (tertiary/aromatic N) is 4. The van der Waals surface area contributed by atoms with E-state index in [1.165, 1.54) is 16.0 Å². The molecule has 0 radical (unpaired) electrons. The number of benzene rings is 2. The molecule has 8 heteroatoms. The molecule has 0 spiro atoms. The average molecular weight is 452 g/mol. The van der Waals surface area contributed by atoms with Crippen LogP contribution >= 0.6 is 11.3 Å². The molecule has 0 saturated carbocycles. The van der Waals surface area contributed by atoms with Crippen LogP contribution in [-0.2, 0) is 19.2 Å². The second-order valence-corrected chi connectivity index (χ2v) is 8.56. The van der Waals surface area contributed by atoms with E-state index >= 15 is 0 Å². The molecule has 1 N–H and O–H groups in total. The molecule has 4 rings (SSSR count). The molecule has 2 aromatic heterocycles. The zero-order chi connectivity index (χ0) is 22.9. The summed E-state index contributed by atoms with van der Waals surface area (Å²) in [7, 11) is 1.79. The summed E-state index contributed by atoms with van der Waals surface area (Å²) in [6, 6.07) is 10.5. The molecule has 0 amide bonds. The van der Waals surface area contributed by atoms with E-state index in [4.69, 9.17) is 6.42 Å². The quantitative estimate of drug-likeness (QED) is 0.359. The summed E-state index contributed by atoms with van der Waals surface area (Å²) < 4.78 is 32.0. The topological polar surface area (TPSA) is 54.8 Å². The van der Waals surface area contributed by atoms with Crippen molar-refractivity contribution in [1.82, 2.24) is 14.8 Å². The molecular formula is C24H21F2N4OS+. The fourth-order valence-corrected chi connectivity index (χ4v) is 4.56. The predicted octanol–water partition coefficient (Wildman–Crippen LogP) is 3.78. The third kappa shape index (κ3) is 4.17. The minimum absolute atomic E-state index is 0.0822. The number of terminal acetylenes is 1. The molecule has 0 aliphatic heterocycles. The Balaban J connectivity index is 1.75. The number of aryl methyl sites for hydroxylation is 1. The Morgan fingerprint density at radius 1 is 1.25 bits per heavy atom. The van der Waals surface area contributed by atoms with Crippen molar-refractivity contribution in [2.45, 2.75) is 25.0 Å². The Bertz CT molecular complexity index is 1290. The van der Waals surface area contributed by atoms with Gasteiger partial charge in [0.05, 0.1) is 17.7 Å². The van der Waals surface area contributed by atoms with Gasteiger partial charge in [-0.3, -0.25) is 0 Å². The molecule has 2 atom stereocenters. The van der Waals surface area contributed by atoms with Crippen molar-refractivity contribution < 1.29 is 18.5 Å². The molecule has 162 valence electrons. The van der Waals surface area contributed by atoms with Crippen LogP contribution in [0.4, 0.5) is 8.78 Å². The van der Waals surface area contributed by atoms with Crippen LogP contribution in [0.15, 0.2) is 60.5 Å². The Morgan fingerprint density at radius 2 is 2.00 bits per heavy atom. The number of thiazole rings is 1. The third-order valence-electron chi connectivity index (χ3n) is 5.45. The smallest absolute Gasteiger partial charge is 0.264 e. The molecule has 0 unspecified atom stereocenters. The van der Waals surface area contributed by atoms with Crippen molar-refractivity contribution in [3.05, 3.63) is 88.3 Å². The molecule has 0 saturated heterocycles. The number of rotatable bonds is 6. The van der Waals surface area contributed by atoms with E-state index in [1.54, 1.807) is 31.2 Å². The molecule has 5 nitrogen and oxygen atoms in total. The van der Waals surface area contributed by atoms with Crippen LogP contribution in [0.1, 0.15) is 29.0 Å². The van der Waals surface area contributed by atoms with E-state index in [9.17, 15) is 13.9 Å². The number of halogens is 2. The van der Waals surface area contributed by atoms with Crippen molar-refractivity contribution in [2.75, 3.05) is 0 Å². The molecule has 0 bridgehead atoms. The van der Waals surface area contributed by atoms with Crippen molar-refractivity contribution in [2.24, 2.45) is 7.05 Å². The first-order valence-electron chi connectivity index (χ1n) is 9.88. The fraction of sp³-hybridized carbons (Fsp3) is 0.208. The molecule has 4 aromatic rings. The Morgan fingerprint density at radius 3 is 2.66 bits per heavy atom. The maximum atomic E-state index is 14.8. The zero-order valence-electron chi connectivity index (χ0n) is 17.5. The first-order chi connectivity index (χ1) is 15.3. The minimum Gasteiger partial charge on any atom is -0.381 e. The highest BCUT2D eigenvalue weighted by molar-refractivity contribution is 7.10. The van der Waals surface area contributed by atoms with Crippen molar-refractivity contribution in [3.8, 4) is 23.6 Å². The fourth-order valence-electron chi connectivity index (χ4n) is 3.59. The second kappa shape index (κ2) is 8.61. The molecule has 32 heavy (non-hydrogen) atoms. The van der Waals surface area contributed by atoms with Crippen molar-refractivity contribution in [3.63, 3.8) is 0 Å². The van der Waals surface area contributed by atoms with Crippen molar-refractivity contribution >= 4 is 11.3 Å². The Hall–Kier alpha value is -3.41. The van der Waals surface area contributed by atoms with Gasteiger partial charge in [0.15, 0.2) is 0 Å². The number of aromatic nitrogens is 4. The predicted molar refractivity (Wildman–Crippen MR) is 118 cm³/mol. The highest BCUT2D eigenvalue weighted by Gasteiger charge is 2.43. The molecule has 0 fully saturated rings. The van der Waals surface area contributed by atoms with Gasteiger partial charge in [0.2, 0.25) is 6.33 Å². The number of aliphatic hydroxyl groups is 1. The van der Waals surface area contributed by atoms with Crippen LogP contribution in [0.5, 0.6) is 0 Å². The lowest BCUT2D eigenvalue weighted by Gasteiger charge is -2.32. The summed E-state index contributed by atoms with van der Waals surface area (Å²) in [6.45, 7) is 1.67. The van der Waals surface area contributed by atoms with Crippen LogP contribution in [-0.4, -0.2) is 19.9 Å². The molecule has 0 aliphatic carbocycles. The van der Waals surface area contributed by atoms with Gasteiger partial charge in [-0.15, -0.1) is 22.4 Å². The lowest BCUT2D eigenvalue weighted by Crippen LogP contribution is -2.38. The zero-order valence-corrected chi connectivity index (χ0v) is 18.4. The van der Waals surface area contributed by atoms with Gasteiger partial charge in [0.1, 0.15) is 23.8 Å². The van der Waals surface area contributed by atoms with Crippen LogP contribution in [0, 0.1) is 24.0 Å². The molecule has 2 aromatic carbocycles. The minimum atomic E-state index is -1.80. The molecule has 2 heterocycles. The summed E-state index contributed by atoms with van der Waals surface area (Å²) >= 11 is 1.35. The largest absolute Gasteiger partial charge is 0.381 e. The van der Waals surface area contributed by atoms with Gasteiger partial charge < -0.3 is 5.11 Å². The summed E-state index contributed by atoms with van der Waals surface area (Å²) in [4.78, 5) is 4.68. The first-order valence-corrected chi connectivity index (χ1v) is 10.8. The monoisotopic (exact) mass is 451 g/mol. The maximum absolute atomic E-state index is 14.8. The summed E-state index contributed by atoms with van der Waals surface area (Å²) in [5.41, 5.74) is 0.415. The summed E-state index contributed by atoms with van der Waals surface area (Å²) in [6.07, 6.45) is 8.64. The Kier molecular flexibility index (Phi) is 5.87. The van der Waals surface area contributed by atoms with Gasteiger partial charge in [-0.25, -0.2) is 18.3 Å².